The van der Waals surface area contributed by atoms with Crippen LogP contribution in [0.5, 0.6) is 0 Å². The molecule has 1 aliphatic rings. The Morgan fingerprint density at radius 1 is 1.28 bits per heavy atom. The number of hydrogen-bond donors (Lipinski definition) is 0. The molecule has 0 N–H and O–H groups in total. The van der Waals surface area contributed by atoms with Crippen LogP contribution in [0.25, 0.3) is 11.2 Å². The summed E-state index contributed by atoms with van der Waals surface area (Å²) in [6.07, 6.45) is 5.57. The van der Waals surface area contributed by atoms with Crippen molar-refractivity contribution in [3.05, 3.63) is 24.2 Å². The Balaban J connectivity index is 2.14. The molecule has 2 aromatic rings. The minimum absolute atomic E-state index is 0.110. The number of hydrogen-bond acceptors (Lipinski definition) is 3. The largest absolute Gasteiger partial charge is 0.310 e. The van der Waals surface area contributed by atoms with E-state index < -0.39 is 0 Å². The zero-order valence-corrected chi connectivity index (χ0v) is 11.3. The third-order valence-corrected chi connectivity index (χ3v) is 3.58. The molecule has 5 heteroatoms. The maximum atomic E-state index is 6.26. The molecule has 0 spiro atoms. The van der Waals surface area contributed by atoms with E-state index in [4.69, 9.17) is 11.6 Å². The fourth-order valence-electron chi connectivity index (χ4n) is 2.53. The third-order valence-electron chi connectivity index (χ3n) is 3.39. The van der Waals surface area contributed by atoms with E-state index in [0.29, 0.717) is 0 Å². The van der Waals surface area contributed by atoms with Gasteiger partial charge in [0, 0.05) is 19.3 Å². The molecule has 96 valence electrons. The molecule has 0 aliphatic carbocycles. The summed E-state index contributed by atoms with van der Waals surface area (Å²) in [6.45, 7) is 4.07. The molecule has 0 saturated carbocycles. The highest BCUT2D eigenvalue weighted by Crippen LogP contribution is 2.24. The number of imidazole rings is 1. The van der Waals surface area contributed by atoms with Crippen molar-refractivity contribution in [1.82, 2.24) is 14.6 Å². The lowest BCUT2D eigenvalue weighted by Crippen LogP contribution is -2.40. The summed E-state index contributed by atoms with van der Waals surface area (Å²) in [5.74, 6) is 0.896. The van der Waals surface area contributed by atoms with Crippen LogP contribution in [0.15, 0.2) is 18.3 Å². The van der Waals surface area contributed by atoms with Gasteiger partial charge in [-0.2, -0.15) is 0 Å². The van der Waals surface area contributed by atoms with Gasteiger partial charge in [-0.05, 0) is 38.3 Å². The number of pyridine rings is 1. The summed E-state index contributed by atoms with van der Waals surface area (Å²) in [7, 11) is 0. The molecule has 0 bridgehead atoms. The monoisotopic (exact) mass is 264 g/mol. The highest BCUT2D eigenvalue weighted by atomic mass is 35.5. The first-order valence-corrected chi connectivity index (χ1v) is 6.93. The van der Waals surface area contributed by atoms with Crippen LogP contribution >= 0.6 is 11.6 Å². The molecule has 18 heavy (non-hydrogen) atoms. The molecule has 0 aromatic carbocycles. The molecule has 2 aromatic heterocycles. The van der Waals surface area contributed by atoms with Gasteiger partial charge in [-0.15, -0.1) is 11.6 Å². The minimum atomic E-state index is -0.110. The zero-order valence-electron chi connectivity index (χ0n) is 10.5. The molecule has 0 amide bonds. The van der Waals surface area contributed by atoms with E-state index in [1.165, 1.54) is 19.3 Å². The van der Waals surface area contributed by atoms with E-state index in [-0.39, 0.29) is 5.38 Å². The van der Waals surface area contributed by atoms with Crippen LogP contribution < -0.4 is 5.01 Å². The Labute approximate surface area is 112 Å². The SMILES string of the molecule is CC(Cl)c1nc2cccnc2n1N1CCCCC1. The normalized spacial score (nSPS) is 18.2. The van der Waals surface area contributed by atoms with E-state index in [1.807, 2.05) is 25.3 Å². The number of alkyl halides is 1. The number of halogens is 1. The van der Waals surface area contributed by atoms with Crippen molar-refractivity contribution in [3.8, 4) is 0 Å². The lowest BCUT2D eigenvalue weighted by Gasteiger charge is -2.31. The second kappa shape index (κ2) is 4.76. The fourth-order valence-corrected chi connectivity index (χ4v) is 2.67. The number of aromatic nitrogens is 3. The van der Waals surface area contributed by atoms with E-state index >= 15 is 0 Å². The minimum Gasteiger partial charge on any atom is -0.310 e. The Hall–Kier alpha value is -1.29. The molecule has 1 fully saturated rings. The van der Waals surface area contributed by atoms with Gasteiger partial charge < -0.3 is 5.01 Å². The lowest BCUT2D eigenvalue weighted by atomic mass is 10.2. The van der Waals surface area contributed by atoms with Gasteiger partial charge in [-0.3, -0.25) is 0 Å². The van der Waals surface area contributed by atoms with Crippen LogP contribution in [0.2, 0.25) is 0 Å². The molecule has 0 radical (unpaired) electrons. The van der Waals surface area contributed by atoms with E-state index in [9.17, 15) is 0 Å². The topological polar surface area (TPSA) is 34.0 Å². The van der Waals surface area contributed by atoms with Crippen molar-refractivity contribution in [2.24, 2.45) is 0 Å². The summed E-state index contributed by atoms with van der Waals surface area (Å²) in [4.78, 5) is 9.07. The van der Waals surface area contributed by atoms with Crippen molar-refractivity contribution in [2.45, 2.75) is 31.6 Å². The summed E-state index contributed by atoms with van der Waals surface area (Å²) >= 11 is 6.26. The Morgan fingerprint density at radius 2 is 2.06 bits per heavy atom. The van der Waals surface area contributed by atoms with Crippen molar-refractivity contribution >= 4 is 22.8 Å². The van der Waals surface area contributed by atoms with E-state index in [1.54, 1.807) is 0 Å². The maximum absolute atomic E-state index is 6.26. The number of piperidine rings is 1. The molecule has 1 atom stereocenters. The summed E-state index contributed by atoms with van der Waals surface area (Å²) in [5.41, 5.74) is 1.84. The first-order valence-electron chi connectivity index (χ1n) is 6.50. The van der Waals surface area contributed by atoms with Crippen molar-refractivity contribution in [3.63, 3.8) is 0 Å². The third kappa shape index (κ3) is 1.94. The van der Waals surface area contributed by atoms with Gasteiger partial charge in [0.2, 0.25) is 0 Å². The molecule has 3 rings (SSSR count). The van der Waals surface area contributed by atoms with Gasteiger partial charge in [0.1, 0.15) is 11.3 Å². The van der Waals surface area contributed by atoms with E-state index in [0.717, 1.165) is 30.1 Å². The Bertz CT molecular complexity index is 543. The second-order valence-electron chi connectivity index (χ2n) is 4.76. The quantitative estimate of drug-likeness (QED) is 0.782. The molecule has 1 aliphatic heterocycles. The Morgan fingerprint density at radius 3 is 2.78 bits per heavy atom. The molecular weight excluding hydrogens is 248 g/mol. The highest BCUT2D eigenvalue weighted by molar-refractivity contribution is 6.20. The van der Waals surface area contributed by atoms with Crippen LogP contribution in [0.3, 0.4) is 0 Å². The van der Waals surface area contributed by atoms with Gasteiger partial charge in [-0.1, -0.05) is 0 Å². The number of nitrogens with zero attached hydrogens (tertiary/aromatic N) is 4. The lowest BCUT2D eigenvalue weighted by molar-refractivity contribution is 0.473. The van der Waals surface area contributed by atoms with Gasteiger partial charge in [-0.25, -0.2) is 14.6 Å². The van der Waals surface area contributed by atoms with Gasteiger partial charge in [0.05, 0.1) is 5.38 Å². The zero-order chi connectivity index (χ0) is 12.5. The van der Waals surface area contributed by atoms with Crippen molar-refractivity contribution < 1.29 is 0 Å². The molecule has 1 unspecified atom stereocenters. The predicted octanol–water partition coefficient (Wildman–Crippen LogP) is 2.85. The van der Waals surface area contributed by atoms with Crippen LogP contribution in [-0.4, -0.2) is 27.7 Å². The van der Waals surface area contributed by atoms with Crippen LogP contribution in [0.4, 0.5) is 0 Å². The molecule has 3 heterocycles. The molecule has 1 saturated heterocycles. The summed E-state index contributed by atoms with van der Waals surface area (Å²) in [5, 5.41) is 2.21. The van der Waals surface area contributed by atoms with Gasteiger partial charge >= 0.3 is 0 Å². The highest BCUT2D eigenvalue weighted by Gasteiger charge is 2.21. The number of fused-ring (bicyclic) bond motifs is 1. The molecule has 4 nitrogen and oxygen atoms in total. The standard InChI is InChI=1S/C13H17ClN4/c1-10(14)12-16-11-6-5-7-15-13(11)18(12)17-8-3-2-4-9-17/h5-7,10H,2-4,8-9H2,1H3. The van der Waals surface area contributed by atoms with Gasteiger partial charge in [0.15, 0.2) is 5.65 Å². The van der Waals surface area contributed by atoms with Crippen LogP contribution in [0.1, 0.15) is 37.4 Å². The Kier molecular flexibility index (Phi) is 3.12. The summed E-state index contributed by atoms with van der Waals surface area (Å²) < 4.78 is 2.12. The first-order chi connectivity index (χ1) is 8.77. The van der Waals surface area contributed by atoms with Crippen molar-refractivity contribution in [1.29, 1.82) is 0 Å². The van der Waals surface area contributed by atoms with Crippen LogP contribution in [-0.2, 0) is 0 Å². The fraction of sp³-hybridized carbons (Fsp3) is 0.538. The summed E-state index contributed by atoms with van der Waals surface area (Å²) in [6, 6.07) is 3.91. The second-order valence-corrected chi connectivity index (χ2v) is 5.41. The first kappa shape index (κ1) is 11.8. The van der Waals surface area contributed by atoms with E-state index in [2.05, 4.69) is 19.7 Å². The smallest absolute Gasteiger partial charge is 0.179 e. The van der Waals surface area contributed by atoms with Crippen molar-refractivity contribution in [2.75, 3.05) is 18.1 Å². The average Bonchev–Trinajstić information content (AvgIpc) is 2.79. The van der Waals surface area contributed by atoms with Gasteiger partial charge in [0.25, 0.3) is 0 Å². The number of rotatable bonds is 2. The predicted molar refractivity (Wildman–Crippen MR) is 73.6 cm³/mol. The molecular formula is C13H17ClN4. The maximum Gasteiger partial charge on any atom is 0.179 e. The van der Waals surface area contributed by atoms with Crippen LogP contribution in [0, 0.1) is 0 Å². The average molecular weight is 265 g/mol.